The van der Waals surface area contributed by atoms with Gasteiger partial charge >= 0.3 is 5.97 Å². The minimum Gasteiger partial charge on any atom is -0.462 e. The van der Waals surface area contributed by atoms with Crippen LogP contribution in [0.15, 0.2) is 15.2 Å². The molecule has 1 aliphatic heterocycles. The highest BCUT2D eigenvalue weighted by Crippen LogP contribution is 2.38. The molecule has 0 saturated heterocycles. The third kappa shape index (κ3) is 3.72. The molecule has 1 aliphatic rings. The lowest BCUT2D eigenvalue weighted by Gasteiger charge is -2.13. The SMILES string of the molecule is CCOC(=O)c1c(NC(=O)c2oc(Br)cc2C)sc2c1CCS(=O)(=O)C2. The molecule has 0 spiro atoms. The van der Waals surface area contributed by atoms with Gasteiger partial charge in [-0.25, -0.2) is 13.2 Å². The summed E-state index contributed by atoms with van der Waals surface area (Å²) >= 11 is 4.26. The molecule has 0 fully saturated rings. The van der Waals surface area contributed by atoms with Crippen molar-refractivity contribution >= 4 is 54.0 Å². The maximum atomic E-state index is 12.5. The van der Waals surface area contributed by atoms with E-state index in [1.54, 1.807) is 19.9 Å². The van der Waals surface area contributed by atoms with Crippen LogP contribution in [0.3, 0.4) is 0 Å². The van der Waals surface area contributed by atoms with E-state index >= 15 is 0 Å². The van der Waals surface area contributed by atoms with Crippen LogP contribution in [0, 0.1) is 6.92 Å². The molecular weight excluding hydrogens is 446 g/mol. The third-order valence-corrected chi connectivity index (χ3v) is 7.18. The van der Waals surface area contributed by atoms with E-state index in [-0.39, 0.29) is 40.9 Å². The van der Waals surface area contributed by atoms with Gasteiger partial charge in [0.05, 0.1) is 23.7 Å². The lowest BCUT2D eigenvalue weighted by atomic mass is 10.1. The van der Waals surface area contributed by atoms with Crippen LogP contribution in [0.4, 0.5) is 5.00 Å². The van der Waals surface area contributed by atoms with Crippen LogP contribution < -0.4 is 5.32 Å². The summed E-state index contributed by atoms with van der Waals surface area (Å²) < 4.78 is 34.7. The Morgan fingerprint density at radius 3 is 2.77 bits per heavy atom. The molecule has 2 aromatic rings. The Balaban J connectivity index is 2.00. The number of rotatable bonds is 4. The summed E-state index contributed by atoms with van der Waals surface area (Å²) in [6, 6.07) is 1.66. The number of esters is 1. The van der Waals surface area contributed by atoms with Gasteiger partial charge in [0.1, 0.15) is 5.00 Å². The molecule has 1 N–H and O–H groups in total. The second-order valence-electron chi connectivity index (χ2n) is 5.79. The van der Waals surface area contributed by atoms with Crippen molar-refractivity contribution in [2.45, 2.75) is 26.0 Å². The summed E-state index contributed by atoms with van der Waals surface area (Å²) in [5.74, 6) is -1.13. The van der Waals surface area contributed by atoms with E-state index in [2.05, 4.69) is 21.2 Å². The normalized spacial score (nSPS) is 15.3. The van der Waals surface area contributed by atoms with E-state index in [9.17, 15) is 18.0 Å². The van der Waals surface area contributed by atoms with E-state index in [1.807, 2.05) is 0 Å². The van der Waals surface area contributed by atoms with Gasteiger partial charge in [0.15, 0.2) is 20.3 Å². The molecule has 0 atom stereocenters. The summed E-state index contributed by atoms with van der Waals surface area (Å²) in [5.41, 5.74) is 1.50. The summed E-state index contributed by atoms with van der Waals surface area (Å²) in [5, 5.41) is 2.95. The Morgan fingerprint density at radius 1 is 1.42 bits per heavy atom. The zero-order valence-corrected chi connectivity index (χ0v) is 17.3. The first kappa shape index (κ1) is 19.1. The van der Waals surface area contributed by atoms with Gasteiger partial charge in [-0.2, -0.15) is 0 Å². The first-order valence-electron chi connectivity index (χ1n) is 7.81. The average Bonchev–Trinajstić information content (AvgIpc) is 3.05. The molecule has 3 heterocycles. The number of anilines is 1. The van der Waals surface area contributed by atoms with Crippen molar-refractivity contribution in [2.24, 2.45) is 0 Å². The van der Waals surface area contributed by atoms with Gasteiger partial charge in [0, 0.05) is 10.4 Å². The zero-order chi connectivity index (χ0) is 19.1. The fourth-order valence-corrected chi connectivity index (χ4v) is 6.30. The van der Waals surface area contributed by atoms with Gasteiger partial charge in [-0.3, -0.25) is 4.79 Å². The van der Waals surface area contributed by atoms with E-state index < -0.39 is 21.7 Å². The Bertz CT molecular complexity index is 989. The highest BCUT2D eigenvalue weighted by atomic mass is 79.9. The van der Waals surface area contributed by atoms with Gasteiger partial charge in [-0.05, 0) is 47.8 Å². The molecule has 0 aliphatic carbocycles. The third-order valence-electron chi connectivity index (χ3n) is 3.91. The topological polar surface area (TPSA) is 103 Å². The first-order valence-corrected chi connectivity index (χ1v) is 11.2. The minimum atomic E-state index is -3.20. The predicted octanol–water partition coefficient (Wildman–Crippen LogP) is 3.31. The standard InChI is InChI=1S/C16H16BrNO6S2/c1-3-23-16(20)12-9-4-5-26(21,22)7-10(9)25-15(12)18-14(19)13-8(2)6-11(17)24-13/h6H,3-5,7H2,1-2H3,(H,18,19). The van der Waals surface area contributed by atoms with Crippen molar-refractivity contribution in [2.75, 3.05) is 17.7 Å². The number of ether oxygens (including phenoxy) is 1. The van der Waals surface area contributed by atoms with E-state index in [0.29, 0.717) is 20.7 Å². The monoisotopic (exact) mass is 461 g/mol. The van der Waals surface area contributed by atoms with Crippen LogP contribution in [0.25, 0.3) is 0 Å². The van der Waals surface area contributed by atoms with Crippen LogP contribution in [-0.4, -0.2) is 32.7 Å². The van der Waals surface area contributed by atoms with E-state index in [0.717, 1.165) is 11.3 Å². The molecule has 140 valence electrons. The quantitative estimate of drug-likeness (QED) is 0.700. The Morgan fingerprint density at radius 2 is 2.15 bits per heavy atom. The molecule has 0 radical (unpaired) electrons. The van der Waals surface area contributed by atoms with Crippen molar-refractivity contribution in [1.82, 2.24) is 0 Å². The largest absolute Gasteiger partial charge is 0.462 e. The number of hydrogen-bond donors (Lipinski definition) is 1. The molecule has 7 nitrogen and oxygen atoms in total. The molecular formula is C16H16BrNO6S2. The van der Waals surface area contributed by atoms with Crippen LogP contribution >= 0.6 is 27.3 Å². The van der Waals surface area contributed by atoms with Crippen LogP contribution in [0.2, 0.25) is 0 Å². The highest BCUT2D eigenvalue weighted by molar-refractivity contribution is 9.10. The molecule has 0 bridgehead atoms. The van der Waals surface area contributed by atoms with E-state index in [1.165, 1.54) is 0 Å². The molecule has 0 unspecified atom stereocenters. The second-order valence-corrected chi connectivity index (χ2v) is 9.86. The number of halogens is 1. The molecule has 0 saturated carbocycles. The number of furan rings is 1. The van der Waals surface area contributed by atoms with Crippen molar-refractivity contribution in [3.8, 4) is 0 Å². The Kier molecular flexibility index (Phi) is 5.27. The highest BCUT2D eigenvalue weighted by Gasteiger charge is 2.32. The summed E-state index contributed by atoms with van der Waals surface area (Å²) in [7, 11) is -3.20. The van der Waals surface area contributed by atoms with Crippen molar-refractivity contribution in [1.29, 1.82) is 0 Å². The van der Waals surface area contributed by atoms with E-state index in [4.69, 9.17) is 9.15 Å². The summed E-state index contributed by atoms with van der Waals surface area (Å²) in [4.78, 5) is 25.5. The summed E-state index contributed by atoms with van der Waals surface area (Å²) in [6.45, 7) is 3.59. The fraction of sp³-hybridized carbons (Fsp3) is 0.375. The Labute approximate surface area is 162 Å². The number of nitrogens with one attached hydrogen (secondary N) is 1. The molecule has 3 rings (SSSR count). The Hall–Kier alpha value is -1.65. The molecule has 10 heteroatoms. The first-order chi connectivity index (χ1) is 12.2. The maximum absolute atomic E-state index is 12.5. The lowest BCUT2D eigenvalue weighted by molar-refractivity contribution is 0.0527. The number of thiophene rings is 1. The van der Waals surface area contributed by atoms with Gasteiger partial charge < -0.3 is 14.5 Å². The molecule has 2 aromatic heterocycles. The zero-order valence-electron chi connectivity index (χ0n) is 14.0. The van der Waals surface area contributed by atoms with Gasteiger partial charge in [-0.1, -0.05) is 0 Å². The average molecular weight is 462 g/mol. The second kappa shape index (κ2) is 7.16. The number of hydrogen-bond acceptors (Lipinski definition) is 7. The smallest absolute Gasteiger partial charge is 0.341 e. The molecule has 0 aromatic carbocycles. The summed E-state index contributed by atoms with van der Waals surface area (Å²) in [6.07, 6.45) is 0.226. The maximum Gasteiger partial charge on any atom is 0.341 e. The number of amides is 1. The van der Waals surface area contributed by atoms with Crippen molar-refractivity contribution in [3.05, 3.63) is 38.1 Å². The number of sulfone groups is 1. The predicted molar refractivity (Wildman–Crippen MR) is 101 cm³/mol. The number of fused-ring (bicyclic) bond motifs is 1. The van der Waals surface area contributed by atoms with Crippen LogP contribution in [-0.2, 0) is 26.7 Å². The van der Waals surface area contributed by atoms with Crippen molar-refractivity contribution < 1.29 is 27.2 Å². The van der Waals surface area contributed by atoms with Crippen LogP contribution in [0.5, 0.6) is 0 Å². The van der Waals surface area contributed by atoms with Crippen molar-refractivity contribution in [3.63, 3.8) is 0 Å². The fourth-order valence-electron chi connectivity index (χ4n) is 2.76. The lowest BCUT2D eigenvalue weighted by Crippen LogP contribution is -2.20. The van der Waals surface area contributed by atoms with Crippen LogP contribution in [0.1, 0.15) is 43.8 Å². The number of aryl methyl sites for hydroxylation is 1. The number of carbonyl (C=O) groups excluding carboxylic acids is 2. The number of carbonyl (C=O) groups is 2. The molecule has 1 amide bonds. The van der Waals surface area contributed by atoms with Gasteiger partial charge in [0.2, 0.25) is 0 Å². The van der Waals surface area contributed by atoms with Gasteiger partial charge in [0.25, 0.3) is 5.91 Å². The molecule has 26 heavy (non-hydrogen) atoms. The minimum absolute atomic E-state index is 0.0270. The van der Waals surface area contributed by atoms with Gasteiger partial charge in [-0.15, -0.1) is 11.3 Å².